The highest BCUT2D eigenvalue weighted by molar-refractivity contribution is 5.64. The van der Waals surface area contributed by atoms with Crippen LogP contribution in [-0.2, 0) is 4.74 Å². The molecule has 1 heterocycles. The van der Waals surface area contributed by atoms with Gasteiger partial charge in [0.2, 0.25) is 0 Å². The van der Waals surface area contributed by atoms with Crippen molar-refractivity contribution in [2.75, 3.05) is 43.1 Å². The lowest BCUT2D eigenvalue weighted by atomic mass is 10.2. The fourth-order valence-electron chi connectivity index (χ4n) is 2.25. The highest BCUT2D eigenvalue weighted by Crippen LogP contribution is 2.28. The number of nitro groups is 1. The standard InChI is InChI=1S/C13H19N3O4/c1-2-14-10-5-11(7-12(6-10)16(18)19)15-3-4-20-13(8-15)9-17/h5-7,13-14,17H,2-4,8-9H2,1H3. The van der Waals surface area contributed by atoms with Crippen molar-refractivity contribution in [2.24, 2.45) is 0 Å². The lowest BCUT2D eigenvalue weighted by Gasteiger charge is -2.33. The third kappa shape index (κ3) is 3.37. The molecule has 110 valence electrons. The van der Waals surface area contributed by atoms with Gasteiger partial charge in [0.25, 0.3) is 5.69 Å². The SMILES string of the molecule is CCNc1cc(N2CCOC(CO)C2)cc([N+](=O)[O-])c1. The first-order valence-electron chi connectivity index (χ1n) is 6.64. The van der Waals surface area contributed by atoms with E-state index in [1.54, 1.807) is 6.07 Å². The van der Waals surface area contributed by atoms with Gasteiger partial charge in [0, 0.05) is 43.1 Å². The molecule has 1 aromatic rings. The number of aliphatic hydroxyl groups excluding tert-OH is 1. The van der Waals surface area contributed by atoms with Crippen LogP contribution in [0.4, 0.5) is 17.1 Å². The normalized spacial score (nSPS) is 18.9. The Labute approximate surface area is 117 Å². The molecule has 1 fully saturated rings. The van der Waals surface area contributed by atoms with E-state index >= 15 is 0 Å². The zero-order valence-corrected chi connectivity index (χ0v) is 11.4. The van der Waals surface area contributed by atoms with Crippen molar-refractivity contribution in [3.05, 3.63) is 28.3 Å². The van der Waals surface area contributed by atoms with Crippen LogP contribution in [0, 0.1) is 10.1 Å². The van der Waals surface area contributed by atoms with E-state index in [1.165, 1.54) is 6.07 Å². The first-order valence-corrected chi connectivity index (χ1v) is 6.64. The van der Waals surface area contributed by atoms with Crippen LogP contribution in [0.15, 0.2) is 18.2 Å². The fourth-order valence-corrected chi connectivity index (χ4v) is 2.25. The van der Waals surface area contributed by atoms with E-state index in [9.17, 15) is 10.1 Å². The van der Waals surface area contributed by atoms with E-state index in [4.69, 9.17) is 9.84 Å². The molecule has 7 nitrogen and oxygen atoms in total. The number of hydrogen-bond acceptors (Lipinski definition) is 6. The van der Waals surface area contributed by atoms with E-state index in [0.29, 0.717) is 26.2 Å². The number of nitrogens with zero attached hydrogens (tertiary/aromatic N) is 2. The molecule has 0 amide bonds. The summed E-state index contributed by atoms with van der Waals surface area (Å²) in [5.41, 5.74) is 1.56. The molecule has 1 atom stereocenters. The third-order valence-electron chi connectivity index (χ3n) is 3.20. The average Bonchev–Trinajstić information content (AvgIpc) is 2.47. The molecule has 7 heteroatoms. The maximum Gasteiger partial charge on any atom is 0.273 e. The number of nitrogens with one attached hydrogen (secondary N) is 1. The Bertz CT molecular complexity index is 481. The van der Waals surface area contributed by atoms with Crippen LogP contribution in [0.25, 0.3) is 0 Å². The van der Waals surface area contributed by atoms with Crippen LogP contribution in [0.2, 0.25) is 0 Å². The Morgan fingerprint density at radius 1 is 1.55 bits per heavy atom. The molecular formula is C13H19N3O4. The minimum atomic E-state index is -0.395. The van der Waals surface area contributed by atoms with Gasteiger partial charge < -0.3 is 20.1 Å². The van der Waals surface area contributed by atoms with E-state index in [2.05, 4.69) is 5.32 Å². The highest BCUT2D eigenvalue weighted by atomic mass is 16.6. The van der Waals surface area contributed by atoms with Gasteiger partial charge in [0.05, 0.1) is 24.2 Å². The summed E-state index contributed by atoms with van der Waals surface area (Å²) in [5.74, 6) is 0. The molecule has 0 saturated carbocycles. The summed E-state index contributed by atoms with van der Waals surface area (Å²) in [6.07, 6.45) is -0.245. The summed E-state index contributed by atoms with van der Waals surface area (Å²) in [6, 6.07) is 4.97. The van der Waals surface area contributed by atoms with Crippen molar-refractivity contribution in [3.8, 4) is 0 Å². The van der Waals surface area contributed by atoms with Crippen LogP contribution >= 0.6 is 0 Å². The van der Waals surface area contributed by atoms with Gasteiger partial charge >= 0.3 is 0 Å². The van der Waals surface area contributed by atoms with Crippen molar-refractivity contribution >= 4 is 17.1 Å². The van der Waals surface area contributed by atoms with E-state index in [-0.39, 0.29) is 18.4 Å². The second-order valence-corrected chi connectivity index (χ2v) is 4.65. The van der Waals surface area contributed by atoms with E-state index < -0.39 is 4.92 Å². The first kappa shape index (κ1) is 14.5. The molecular weight excluding hydrogens is 262 g/mol. The third-order valence-corrected chi connectivity index (χ3v) is 3.20. The summed E-state index contributed by atoms with van der Waals surface area (Å²) in [5, 5.41) is 23.3. The van der Waals surface area contributed by atoms with Gasteiger partial charge in [0.1, 0.15) is 0 Å². The summed E-state index contributed by atoms with van der Waals surface area (Å²) in [4.78, 5) is 12.6. The van der Waals surface area contributed by atoms with Crippen LogP contribution < -0.4 is 10.2 Å². The summed E-state index contributed by atoms with van der Waals surface area (Å²) < 4.78 is 5.39. The lowest BCUT2D eigenvalue weighted by Crippen LogP contribution is -2.44. The summed E-state index contributed by atoms with van der Waals surface area (Å²) in [6.45, 7) is 4.28. The van der Waals surface area contributed by atoms with Crippen LogP contribution in [0.3, 0.4) is 0 Å². The van der Waals surface area contributed by atoms with Crippen molar-refractivity contribution in [2.45, 2.75) is 13.0 Å². The summed E-state index contributed by atoms with van der Waals surface area (Å²) in [7, 11) is 0. The molecule has 0 aromatic heterocycles. The number of non-ortho nitro benzene ring substituents is 1. The number of anilines is 2. The number of ether oxygens (including phenoxy) is 1. The fraction of sp³-hybridized carbons (Fsp3) is 0.538. The van der Waals surface area contributed by atoms with Crippen molar-refractivity contribution < 1.29 is 14.8 Å². The Morgan fingerprint density at radius 2 is 2.35 bits per heavy atom. The number of nitro benzene ring substituents is 1. The first-order chi connectivity index (χ1) is 9.63. The second-order valence-electron chi connectivity index (χ2n) is 4.65. The minimum Gasteiger partial charge on any atom is -0.394 e. The highest BCUT2D eigenvalue weighted by Gasteiger charge is 2.22. The Hall–Kier alpha value is -1.86. The van der Waals surface area contributed by atoms with Gasteiger partial charge in [-0.15, -0.1) is 0 Å². The van der Waals surface area contributed by atoms with Crippen LogP contribution in [0.5, 0.6) is 0 Å². The van der Waals surface area contributed by atoms with Gasteiger partial charge in [-0.3, -0.25) is 10.1 Å². The number of rotatable bonds is 5. The Balaban J connectivity index is 2.27. The Morgan fingerprint density at radius 3 is 3.00 bits per heavy atom. The Kier molecular flexibility index (Phi) is 4.75. The molecule has 1 aliphatic rings. The molecule has 0 radical (unpaired) electrons. The maximum absolute atomic E-state index is 11.0. The molecule has 0 spiro atoms. The minimum absolute atomic E-state index is 0.0501. The van der Waals surface area contributed by atoms with E-state index in [0.717, 1.165) is 11.4 Å². The van der Waals surface area contributed by atoms with Crippen LogP contribution in [-0.4, -0.2) is 49.0 Å². The van der Waals surface area contributed by atoms with Gasteiger partial charge in [-0.05, 0) is 13.0 Å². The smallest absolute Gasteiger partial charge is 0.273 e. The monoisotopic (exact) mass is 281 g/mol. The quantitative estimate of drug-likeness (QED) is 0.623. The van der Waals surface area contributed by atoms with Gasteiger partial charge in [-0.25, -0.2) is 0 Å². The van der Waals surface area contributed by atoms with E-state index in [1.807, 2.05) is 17.9 Å². The molecule has 1 aromatic carbocycles. The second kappa shape index (κ2) is 6.53. The zero-order chi connectivity index (χ0) is 14.5. The van der Waals surface area contributed by atoms with Crippen LogP contribution in [0.1, 0.15) is 6.92 Å². The predicted molar refractivity (Wildman–Crippen MR) is 76.3 cm³/mol. The molecule has 2 N–H and O–H groups in total. The number of benzene rings is 1. The van der Waals surface area contributed by atoms with Gasteiger partial charge in [-0.2, -0.15) is 0 Å². The largest absolute Gasteiger partial charge is 0.394 e. The van der Waals surface area contributed by atoms with Gasteiger partial charge in [0.15, 0.2) is 0 Å². The molecule has 0 aliphatic carbocycles. The topological polar surface area (TPSA) is 87.9 Å². The maximum atomic E-state index is 11.0. The van der Waals surface area contributed by atoms with Crippen molar-refractivity contribution in [3.63, 3.8) is 0 Å². The molecule has 20 heavy (non-hydrogen) atoms. The van der Waals surface area contributed by atoms with Gasteiger partial charge in [-0.1, -0.05) is 0 Å². The van der Waals surface area contributed by atoms with Crippen molar-refractivity contribution in [1.29, 1.82) is 0 Å². The molecule has 1 aliphatic heterocycles. The molecule has 2 rings (SSSR count). The lowest BCUT2D eigenvalue weighted by molar-refractivity contribution is -0.384. The average molecular weight is 281 g/mol. The molecule has 1 saturated heterocycles. The number of hydrogen-bond donors (Lipinski definition) is 2. The number of aliphatic hydroxyl groups is 1. The zero-order valence-electron chi connectivity index (χ0n) is 11.4. The number of morpholine rings is 1. The summed E-state index contributed by atoms with van der Waals surface area (Å²) >= 11 is 0. The van der Waals surface area contributed by atoms with Crippen molar-refractivity contribution in [1.82, 2.24) is 0 Å². The predicted octanol–water partition coefficient (Wildman–Crippen LogP) is 1.22. The molecule has 1 unspecified atom stereocenters. The molecule has 0 bridgehead atoms.